The molecule has 0 saturated carbocycles. The predicted molar refractivity (Wildman–Crippen MR) is 106 cm³/mol. The number of aryl methyl sites for hydroxylation is 1. The van der Waals surface area contributed by atoms with Crippen molar-refractivity contribution in [1.29, 1.82) is 0 Å². The van der Waals surface area contributed by atoms with Crippen molar-refractivity contribution in [2.24, 2.45) is 0 Å². The zero-order valence-electron chi connectivity index (χ0n) is 15.7. The lowest BCUT2D eigenvalue weighted by Gasteiger charge is -2.38. The Balaban J connectivity index is 1.31. The Morgan fingerprint density at radius 3 is 2.26 bits per heavy atom. The molecule has 142 valence electrons. The Hall–Kier alpha value is -2.37. The highest BCUT2D eigenvalue weighted by atomic mass is 16.7. The van der Waals surface area contributed by atoms with E-state index in [2.05, 4.69) is 22.3 Å². The molecule has 2 aromatic carbocycles. The van der Waals surface area contributed by atoms with Gasteiger partial charge in [0.05, 0.1) is 19.6 Å². The third-order valence-electron chi connectivity index (χ3n) is 5.34. The first-order valence-electron chi connectivity index (χ1n) is 9.60. The second-order valence-electron chi connectivity index (χ2n) is 7.35. The van der Waals surface area contributed by atoms with Crippen LogP contribution in [-0.4, -0.2) is 38.0 Å². The van der Waals surface area contributed by atoms with Crippen LogP contribution in [0.2, 0.25) is 0 Å². The van der Waals surface area contributed by atoms with Crippen LogP contribution in [0.1, 0.15) is 24.0 Å². The number of ether oxygens (including phenoxy) is 2. The largest absolute Gasteiger partial charge is 0.371 e. The van der Waals surface area contributed by atoms with Gasteiger partial charge in [-0.1, -0.05) is 29.8 Å². The molecule has 4 rings (SSSR count). The van der Waals surface area contributed by atoms with Crippen molar-refractivity contribution in [3.8, 4) is 0 Å². The molecule has 0 atom stereocenters. The number of anilines is 2. The van der Waals surface area contributed by atoms with Crippen molar-refractivity contribution in [3.63, 3.8) is 0 Å². The van der Waals surface area contributed by atoms with Gasteiger partial charge in [0.2, 0.25) is 5.91 Å². The predicted octanol–water partition coefficient (Wildman–Crippen LogP) is 3.52. The molecular weight excluding hydrogens is 340 g/mol. The summed E-state index contributed by atoms with van der Waals surface area (Å²) >= 11 is 0. The molecule has 2 saturated heterocycles. The van der Waals surface area contributed by atoms with Gasteiger partial charge in [-0.05, 0) is 36.8 Å². The summed E-state index contributed by atoms with van der Waals surface area (Å²) in [6.45, 7) is 5.29. The van der Waals surface area contributed by atoms with Gasteiger partial charge in [-0.3, -0.25) is 4.79 Å². The van der Waals surface area contributed by atoms with Crippen LogP contribution in [0.4, 0.5) is 11.4 Å². The molecule has 0 unspecified atom stereocenters. The highest BCUT2D eigenvalue weighted by molar-refractivity contribution is 5.92. The highest BCUT2D eigenvalue weighted by Gasteiger charge is 2.39. The number of hydrogen-bond donors (Lipinski definition) is 1. The second kappa shape index (κ2) is 7.71. The van der Waals surface area contributed by atoms with E-state index in [-0.39, 0.29) is 11.7 Å². The van der Waals surface area contributed by atoms with Crippen LogP contribution >= 0.6 is 0 Å². The van der Waals surface area contributed by atoms with E-state index in [1.165, 1.54) is 11.3 Å². The van der Waals surface area contributed by atoms with E-state index in [1.807, 2.05) is 43.3 Å². The van der Waals surface area contributed by atoms with Gasteiger partial charge in [0, 0.05) is 37.3 Å². The molecule has 2 heterocycles. The van der Waals surface area contributed by atoms with Crippen LogP contribution in [0, 0.1) is 6.92 Å². The molecule has 5 nitrogen and oxygen atoms in total. The first-order chi connectivity index (χ1) is 13.1. The van der Waals surface area contributed by atoms with Gasteiger partial charge in [0.25, 0.3) is 0 Å². The van der Waals surface area contributed by atoms with Crippen LogP contribution < -0.4 is 10.2 Å². The highest BCUT2D eigenvalue weighted by Crippen LogP contribution is 2.33. The molecule has 27 heavy (non-hydrogen) atoms. The summed E-state index contributed by atoms with van der Waals surface area (Å²) in [5.41, 5.74) is 4.21. The smallest absolute Gasteiger partial charge is 0.228 e. The van der Waals surface area contributed by atoms with Crippen LogP contribution in [0.5, 0.6) is 0 Å². The quantitative estimate of drug-likeness (QED) is 0.900. The number of carbonyl (C=O) groups is 1. The molecule has 2 aliphatic heterocycles. The van der Waals surface area contributed by atoms with E-state index in [4.69, 9.17) is 9.47 Å². The number of hydrogen-bond acceptors (Lipinski definition) is 4. The van der Waals surface area contributed by atoms with Gasteiger partial charge < -0.3 is 19.7 Å². The SMILES string of the molecule is Cc1ccc(CC(=O)Nc2ccc(N3CCC4(CC3)OCCO4)cc2)cc1. The van der Waals surface area contributed by atoms with Crippen LogP contribution in [0.15, 0.2) is 48.5 Å². The molecule has 0 aliphatic carbocycles. The van der Waals surface area contributed by atoms with Crippen LogP contribution in [-0.2, 0) is 20.7 Å². The molecule has 1 spiro atoms. The average Bonchev–Trinajstić information content (AvgIpc) is 3.13. The maximum absolute atomic E-state index is 12.2. The number of rotatable bonds is 4. The number of nitrogens with zero attached hydrogens (tertiary/aromatic N) is 1. The van der Waals surface area contributed by atoms with Crippen molar-refractivity contribution in [2.45, 2.75) is 32.0 Å². The van der Waals surface area contributed by atoms with E-state index in [1.54, 1.807) is 0 Å². The number of nitrogens with one attached hydrogen (secondary N) is 1. The van der Waals surface area contributed by atoms with Crippen molar-refractivity contribution in [3.05, 3.63) is 59.7 Å². The fourth-order valence-electron chi connectivity index (χ4n) is 3.74. The molecular formula is C22H26N2O3. The lowest BCUT2D eigenvalue weighted by atomic mass is 10.0. The Morgan fingerprint density at radius 2 is 1.63 bits per heavy atom. The maximum atomic E-state index is 12.2. The summed E-state index contributed by atoms with van der Waals surface area (Å²) in [7, 11) is 0. The molecule has 2 fully saturated rings. The van der Waals surface area contributed by atoms with E-state index in [9.17, 15) is 4.79 Å². The van der Waals surface area contributed by atoms with Gasteiger partial charge in [0.15, 0.2) is 5.79 Å². The minimum atomic E-state index is -0.347. The van der Waals surface area contributed by atoms with Gasteiger partial charge in [-0.15, -0.1) is 0 Å². The summed E-state index contributed by atoms with van der Waals surface area (Å²) in [6.07, 6.45) is 2.17. The molecule has 1 N–H and O–H groups in total. The zero-order valence-corrected chi connectivity index (χ0v) is 15.7. The molecule has 2 aromatic rings. The number of carbonyl (C=O) groups excluding carboxylic acids is 1. The van der Waals surface area contributed by atoms with Gasteiger partial charge in [-0.25, -0.2) is 0 Å². The second-order valence-corrected chi connectivity index (χ2v) is 7.35. The number of amides is 1. The normalized spacial score (nSPS) is 18.6. The van der Waals surface area contributed by atoms with Gasteiger partial charge in [-0.2, -0.15) is 0 Å². The third kappa shape index (κ3) is 4.31. The van der Waals surface area contributed by atoms with E-state index < -0.39 is 0 Å². The summed E-state index contributed by atoms with van der Waals surface area (Å²) in [5, 5.41) is 2.98. The summed E-state index contributed by atoms with van der Waals surface area (Å²) < 4.78 is 11.6. The topological polar surface area (TPSA) is 50.8 Å². The molecule has 2 aliphatic rings. The first-order valence-corrected chi connectivity index (χ1v) is 9.60. The van der Waals surface area contributed by atoms with Crippen molar-refractivity contribution in [2.75, 3.05) is 36.5 Å². The van der Waals surface area contributed by atoms with Crippen molar-refractivity contribution >= 4 is 17.3 Å². The fraction of sp³-hybridized carbons (Fsp3) is 0.409. The number of benzene rings is 2. The molecule has 1 amide bonds. The van der Waals surface area contributed by atoms with Gasteiger partial charge in [0.1, 0.15) is 0 Å². The molecule has 0 radical (unpaired) electrons. The molecule has 0 bridgehead atoms. The zero-order chi connectivity index (χ0) is 18.7. The van der Waals surface area contributed by atoms with E-state index >= 15 is 0 Å². The first kappa shape index (κ1) is 18.0. The summed E-state index contributed by atoms with van der Waals surface area (Å²) in [4.78, 5) is 14.6. The average molecular weight is 366 g/mol. The summed E-state index contributed by atoms with van der Waals surface area (Å²) in [5.74, 6) is -0.345. The van der Waals surface area contributed by atoms with Crippen LogP contribution in [0.25, 0.3) is 0 Å². The monoisotopic (exact) mass is 366 g/mol. The molecule has 0 aromatic heterocycles. The third-order valence-corrected chi connectivity index (χ3v) is 5.34. The minimum Gasteiger partial charge on any atom is -0.371 e. The van der Waals surface area contributed by atoms with Crippen molar-refractivity contribution < 1.29 is 14.3 Å². The minimum absolute atomic E-state index is 0.00190. The van der Waals surface area contributed by atoms with E-state index in [0.717, 1.165) is 37.2 Å². The Labute approximate surface area is 160 Å². The van der Waals surface area contributed by atoms with E-state index in [0.29, 0.717) is 19.6 Å². The standard InChI is InChI=1S/C22H26N2O3/c1-17-2-4-18(5-3-17)16-21(25)23-19-6-8-20(9-7-19)24-12-10-22(11-13-24)26-14-15-27-22/h2-9H,10-16H2,1H3,(H,23,25). The Kier molecular flexibility index (Phi) is 5.14. The lowest BCUT2D eigenvalue weighted by Crippen LogP contribution is -2.45. The van der Waals surface area contributed by atoms with Gasteiger partial charge >= 0.3 is 0 Å². The maximum Gasteiger partial charge on any atom is 0.228 e. The van der Waals surface area contributed by atoms with Crippen molar-refractivity contribution in [1.82, 2.24) is 0 Å². The number of piperidine rings is 1. The molecule has 5 heteroatoms. The van der Waals surface area contributed by atoms with Crippen LogP contribution in [0.3, 0.4) is 0 Å². The summed E-state index contributed by atoms with van der Waals surface area (Å²) in [6, 6.07) is 16.1. The fourth-order valence-corrected chi connectivity index (χ4v) is 3.74. The Morgan fingerprint density at radius 1 is 1.00 bits per heavy atom. The Bertz CT molecular complexity index is 770. The lowest BCUT2D eigenvalue weighted by molar-refractivity contribution is -0.169.